The summed E-state index contributed by atoms with van der Waals surface area (Å²) in [6.45, 7) is 3.79. The molecule has 1 aromatic carbocycles. The maximum atomic E-state index is 12.8. The van der Waals surface area contributed by atoms with E-state index in [9.17, 15) is 14.0 Å². The SMILES string of the molecule is CCCCCCCC(=O)C(C)C(=O)c1ccc(F)cc1. The number of rotatable bonds is 9. The van der Waals surface area contributed by atoms with Gasteiger partial charge in [0.05, 0.1) is 5.92 Å². The van der Waals surface area contributed by atoms with E-state index >= 15 is 0 Å². The number of hydrogen-bond donors (Lipinski definition) is 0. The minimum atomic E-state index is -0.633. The summed E-state index contributed by atoms with van der Waals surface area (Å²) in [5.74, 6) is -1.25. The van der Waals surface area contributed by atoms with Gasteiger partial charge in [-0.2, -0.15) is 0 Å². The van der Waals surface area contributed by atoms with E-state index in [0.717, 1.165) is 19.3 Å². The normalized spacial score (nSPS) is 12.2. The van der Waals surface area contributed by atoms with Crippen LogP contribution in [-0.4, -0.2) is 11.6 Å². The summed E-state index contributed by atoms with van der Waals surface area (Å²) in [6, 6.07) is 5.36. The maximum Gasteiger partial charge on any atom is 0.173 e. The highest BCUT2D eigenvalue weighted by molar-refractivity contribution is 6.10. The molecule has 3 heteroatoms. The molecule has 0 aliphatic rings. The van der Waals surface area contributed by atoms with Crippen molar-refractivity contribution in [2.24, 2.45) is 5.92 Å². The molecule has 0 aromatic heterocycles. The number of carbonyl (C=O) groups is 2. The van der Waals surface area contributed by atoms with Crippen LogP contribution in [0.1, 0.15) is 62.7 Å². The molecule has 2 nitrogen and oxygen atoms in total. The number of carbonyl (C=O) groups excluding carboxylic acids is 2. The van der Waals surface area contributed by atoms with Gasteiger partial charge < -0.3 is 0 Å². The van der Waals surface area contributed by atoms with Crippen LogP contribution in [0.25, 0.3) is 0 Å². The summed E-state index contributed by atoms with van der Waals surface area (Å²) in [7, 11) is 0. The second-order valence-electron chi connectivity index (χ2n) is 5.22. The number of hydrogen-bond acceptors (Lipinski definition) is 2. The van der Waals surface area contributed by atoms with Crippen molar-refractivity contribution in [1.29, 1.82) is 0 Å². The molecule has 1 unspecified atom stereocenters. The molecule has 110 valence electrons. The van der Waals surface area contributed by atoms with Crippen LogP contribution in [-0.2, 0) is 4.79 Å². The number of Topliss-reactive ketones (excluding diaryl/α,β-unsaturated/α-hetero) is 2. The van der Waals surface area contributed by atoms with Gasteiger partial charge in [-0.15, -0.1) is 0 Å². The first-order chi connectivity index (χ1) is 9.56. The van der Waals surface area contributed by atoms with Crippen LogP contribution in [0.3, 0.4) is 0 Å². The fourth-order valence-corrected chi connectivity index (χ4v) is 2.13. The Kier molecular flexibility index (Phi) is 7.13. The Balaban J connectivity index is 2.43. The molecule has 0 amide bonds. The van der Waals surface area contributed by atoms with Gasteiger partial charge in [0, 0.05) is 12.0 Å². The highest BCUT2D eigenvalue weighted by atomic mass is 19.1. The third kappa shape index (κ3) is 5.24. The smallest absolute Gasteiger partial charge is 0.173 e. The minimum Gasteiger partial charge on any atom is -0.299 e. The van der Waals surface area contributed by atoms with E-state index in [0.29, 0.717) is 12.0 Å². The zero-order chi connectivity index (χ0) is 15.0. The molecule has 0 aliphatic carbocycles. The van der Waals surface area contributed by atoms with Crippen LogP contribution in [0.4, 0.5) is 4.39 Å². The molecule has 0 bridgehead atoms. The predicted molar refractivity (Wildman–Crippen MR) is 78.3 cm³/mol. The van der Waals surface area contributed by atoms with E-state index in [4.69, 9.17) is 0 Å². The molecule has 0 saturated carbocycles. The Bertz CT molecular complexity index is 437. The molecule has 0 heterocycles. The first-order valence-electron chi connectivity index (χ1n) is 7.38. The highest BCUT2D eigenvalue weighted by Crippen LogP contribution is 2.14. The fourth-order valence-electron chi connectivity index (χ4n) is 2.13. The summed E-state index contributed by atoms with van der Waals surface area (Å²) in [4.78, 5) is 24.1. The van der Waals surface area contributed by atoms with Crippen LogP contribution in [0.2, 0.25) is 0 Å². The van der Waals surface area contributed by atoms with Gasteiger partial charge in [0.15, 0.2) is 5.78 Å². The van der Waals surface area contributed by atoms with Gasteiger partial charge in [-0.05, 0) is 37.6 Å². The lowest BCUT2D eigenvalue weighted by Gasteiger charge is -2.09. The van der Waals surface area contributed by atoms with E-state index in [1.165, 1.54) is 37.1 Å². The average molecular weight is 278 g/mol. The number of ketones is 2. The molecule has 1 aromatic rings. The largest absolute Gasteiger partial charge is 0.299 e. The second kappa shape index (κ2) is 8.62. The highest BCUT2D eigenvalue weighted by Gasteiger charge is 2.21. The van der Waals surface area contributed by atoms with Crippen molar-refractivity contribution in [3.05, 3.63) is 35.6 Å². The van der Waals surface area contributed by atoms with Crippen molar-refractivity contribution in [3.63, 3.8) is 0 Å². The van der Waals surface area contributed by atoms with E-state index in [1.807, 2.05) is 0 Å². The standard InChI is InChI=1S/C17H23FO2/c1-3-4-5-6-7-8-16(19)13(2)17(20)14-9-11-15(18)12-10-14/h9-13H,3-8H2,1-2H3. The molecule has 0 spiro atoms. The topological polar surface area (TPSA) is 34.1 Å². The maximum absolute atomic E-state index is 12.8. The zero-order valence-corrected chi connectivity index (χ0v) is 12.3. The van der Waals surface area contributed by atoms with Crippen molar-refractivity contribution in [3.8, 4) is 0 Å². The van der Waals surface area contributed by atoms with Gasteiger partial charge in [-0.3, -0.25) is 9.59 Å². The van der Waals surface area contributed by atoms with Crippen LogP contribution in [0.5, 0.6) is 0 Å². The molecule has 0 saturated heterocycles. The number of benzene rings is 1. The molecule has 0 fully saturated rings. The molecule has 0 radical (unpaired) electrons. The lowest BCUT2D eigenvalue weighted by Crippen LogP contribution is -2.21. The van der Waals surface area contributed by atoms with Crippen molar-refractivity contribution in [2.45, 2.75) is 52.4 Å². The van der Waals surface area contributed by atoms with Gasteiger partial charge >= 0.3 is 0 Å². The van der Waals surface area contributed by atoms with Crippen LogP contribution >= 0.6 is 0 Å². The Morgan fingerprint density at radius 2 is 1.65 bits per heavy atom. The fraction of sp³-hybridized carbons (Fsp3) is 0.529. The molecule has 0 N–H and O–H groups in total. The van der Waals surface area contributed by atoms with Crippen molar-refractivity contribution in [1.82, 2.24) is 0 Å². The monoisotopic (exact) mass is 278 g/mol. The first-order valence-corrected chi connectivity index (χ1v) is 7.38. The summed E-state index contributed by atoms with van der Waals surface area (Å²) in [6.07, 6.45) is 5.85. The molecular weight excluding hydrogens is 255 g/mol. The molecule has 0 aliphatic heterocycles. The van der Waals surface area contributed by atoms with Gasteiger partial charge in [0.25, 0.3) is 0 Å². The van der Waals surface area contributed by atoms with Crippen molar-refractivity contribution >= 4 is 11.6 Å². The van der Waals surface area contributed by atoms with Crippen LogP contribution in [0.15, 0.2) is 24.3 Å². The van der Waals surface area contributed by atoms with Gasteiger partial charge in [0.2, 0.25) is 0 Å². The Morgan fingerprint density at radius 3 is 2.25 bits per heavy atom. The van der Waals surface area contributed by atoms with E-state index < -0.39 is 5.92 Å². The Labute approximate surface area is 120 Å². The van der Waals surface area contributed by atoms with E-state index in [2.05, 4.69) is 6.92 Å². The molecule has 1 rings (SSSR count). The second-order valence-corrected chi connectivity index (χ2v) is 5.22. The van der Waals surface area contributed by atoms with Gasteiger partial charge in [-0.25, -0.2) is 4.39 Å². The van der Waals surface area contributed by atoms with E-state index in [1.54, 1.807) is 6.92 Å². The molecule has 20 heavy (non-hydrogen) atoms. The van der Waals surface area contributed by atoms with Gasteiger partial charge in [-0.1, -0.05) is 32.6 Å². The van der Waals surface area contributed by atoms with E-state index in [-0.39, 0.29) is 17.4 Å². The van der Waals surface area contributed by atoms with Crippen molar-refractivity contribution < 1.29 is 14.0 Å². The quantitative estimate of drug-likeness (QED) is 0.376. The minimum absolute atomic E-state index is 0.0178. The average Bonchev–Trinajstić information content (AvgIpc) is 2.46. The number of unbranched alkanes of at least 4 members (excludes halogenated alkanes) is 4. The molecular formula is C17H23FO2. The number of halogens is 1. The van der Waals surface area contributed by atoms with Crippen LogP contribution < -0.4 is 0 Å². The van der Waals surface area contributed by atoms with Gasteiger partial charge in [0.1, 0.15) is 11.6 Å². The third-order valence-corrected chi connectivity index (χ3v) is 3.53. The Hall–Kier alpha value is -1.51. The summed E-state index contributed by atoms with van der Waals surface area (Å²) < 4.78 is 12.8. The summed E-state index contributed by atoms with van der Waals surface area (Å²) in [5.41, 5.74) is 0.401. The van der Waals surface area contributed by atoms with Crippen molar-refractivity contribution in [2.75, 3.05) is 0 Å². The third-order valence-electron chi connectivity index (χ3n) is 3.53. The summed E-state index contributed by atoms with van der Waals surface area (Å²) in [5, 5.41) is 0. The first kappa shape index (κ1) is 16.5. The lowest BCUT2D eigenvalue weighted by atomic mass is 9.92. The predicted octanol–water partition coefficient (Wildman–Crippen LogP) is 4.57. The van der Waals surface area contributed by atoms with Crippen LogP contribution in [0, 0.1) is 11.7 Å². The Morgan fingerprint density at radius 1 is 1.05 bits per heavy atom. The molecule has 1 atom stereocenters. The summed E-state index contributed by atoms with van der Waals surface area (Å²) >= 11 is 0. The lowest BCUT2D eigenvalue weighted by molar-refractivity contribution is -0.121. The zero-order valence-electron chi connectivity index (χ0n) is 12.3.